The number of nitrogens with one attached hydrogen (secondary N) is 1. The second-order valence-electron chi connectivity index (χ2n) is 6.65. The lowest BCUT2D eigenvalue weighted by Crippen LogP contribution is -2.24. The molecule has 4 aromatic rings. The molecule has 1 amide bonds. The summed E-state index contributed by atoms with van der Waals surface area (Å²) >= 11 is 0. The van der Waals surface area contributed by atoms with Gasteiger partial charge in [0, 0.05) is 30.1 Å². The number of halogens is 2. The number of aryl methyl sites for hydroxylation is 1. The lowest BCUT2D eigenvalue weighted by atomic mass is 10.1. The molecule has 0 saturated heterocycles. The lowest BCUT2D eigenvalue weighted by molar-refractivity contribution is 0.0946. The van der Waals surface area contributed by atoms with E-state index in [0.29, 0.717) is 28.1 Å². The summed E-state index contributed by atoms with van der Waals surface area (Å²) in [4.78, 5) is 17.0. The molecule has 150 valence electrons. The summed E-state index contributed by atoms with van der Waals surface area (Å²) in [5.41, 5.74) is 2.41. The highest BCUT2D eigenvalue weighted by atomic mass is 19.1. The number of aromatic nitrogens is 4. The van der Waals surface area contributed by atoms with Gasteiger partial charge in [0.05, 0.1) is 5.69 Å². The minimum Gasteiger partial charge on any atom is -0.346 e. The molecule has 1 N–H and O–H groups in total. The zero-order valence-corrected chi connectivity index (χ0v) is 16.0. The molecular formula is C22H17F2N5O. The van der Waals surface area contributed by atoms with Gasteiger partial charge in [-0.25, -0.2) is 13.5 Å². The molecule has 0 bridgehead atoms. The molecule has 30 heavy (non-hydrogen) atoms. The van der Waals surface area contributed by atoms with Gasteiger partial charge in [0.25, 0.3) is 5.91 Å². The van der Waals surface area contributed by atoms with Crippen LogP contribution in [0.1, 0.15) is 21.6 Å². The van der Waals surface area contributed by atoms with E-state index in [1.54, 1.807) is 61.8 Å². The van der Waals surface area contributed by atoms with E-state index in [0.717, 1.165) is 0 Å². The third kappa shape index (κ3) is 3.80. The number of carbonyl (C=O) groups excluding carboxylic acids is 1. The van der Waals surface area contributed by atoms with E-state index in [2.05, 4.69) is 20.6 Å². The Labute approximate surface area is 171 Å². The van der Waals surface area contributed by atoms with Crippen molar-refractivity contribution in [2.45, 2.75) is 13.5 Å². The van der Waals surface area contributed by atoms with E-state index >= 15 is 0 Å². The molecule has 0 radical (unpaired) electrons. The average molecular weight is 405 g/mol. The number of hydrogen-bond acceptors (Lipinski definition) is 4. The highest BCUT2D eigenvalue weighted by molar-refractivity contribution is 5.98. The van der Waals surface area contributed by atoms with Crippen molar-refractivity contribution < 1.29 is 13.6 Å². The molecule has 2 heterocycles. The molecule has 0 atom stereocenters. The summed E-state index contributed by atoms with van der Waals surface area (Å²) in [5, 5.41) is 10.8. The Morgan fingerprint density at radius 1 is 1.07 bits per heavy atom. The van der Waals surface area contributed by atoms with E-state index in [4.69, 9.17) is 0 Å². The maximum atomic E-state index is 13.9. The number of nitrogens with zero attached hydrogens (tertiary/aromatic N) is 4. The van der Waals surface area contributed by atoms with Gasteiger partial charge < -0.3 is 5.32 Å². The fourth-order valence-corrected chi connectivity index (χ4v) is 3.04. The zero-order chi connectivity index (χ0) is 21.1. The summed E-state index contributed by atoms with van der Waals surface area (Å²) in [6.07, 6.45) is 3.19. The van der Waals surface area contributed by atoms with Crippen LogP contribution in [0, 0.1) is 18.6 Å². The molecule has 0 unspecified atom stereocenters. The monoisotopic (exact) mass is 405 g/mol. The Bertz CT molecular complexity index is 1210. The fraction of sp³-hybridized carbons (Fsp3) is 0.0909. The topological polar surface area (TPSA) is 72.7 Å². The minimum atomic E-state index is -0.512. The second kappa shape index (κ2) is 8.20. The number of carbonyl (C=O) groups is 1. The largest absolute Gasteiger partial charge is 0.346 e. The first-order chi connectivity index (χ1) is 14.5. The van der Waals surface area contributed by atoms with Crippen molar-refractivity contribution in [3.8, 4) is 16.9 Å². The van der Waals surface area contributed by atoms with Gasteiger partial charge in [0.1, 0.15) is 17.3 Å². The van der Waals surface area contributed by atoms with Crippen LogP contribution in [-0.2, 0) is 6.54 Å². The molecule has 8 heteroatoms. The van der Waals surface area contributed by atoms with Gasteiger partial charge in [-0.3, -0.25) is 9.78 Å². The molecule has 0 spiro atoms. The molecule has 4 rings (SSSR count). The van der Waals surface area contributed by atoms with Crippen LogP contribution < -0.4 is 5.32 Å². The van der Waals surface area contributed by atoms with Crippen LogP contribution in [0.25, 0.3) is 16.9 Å². The van der Waals surface area contributed by atoms with Crippen LogP contribution in [0.5, 0.6) is 0 Å². The molecule has 0 aliphatic rings. The summed E-state index contributed by atoms with van der Waals surface area (Å²) in [5.74, 6) is -1.26. The first-order valence-corrected chi connectivity index (χ1v) is 9.19. The first-order valence-electron chi connectivity index (χ1n) is 9.19. The van der Waals surface area contributed by atoms with Crippen molar-refractivity contribution in [3.05, 3.63) is 95.4 Å². The molecule has 2 aromatic heterocycles. The van der Waals surface area contributed by atoms with Crippen LogP contribution >= 0.6 is 0 Å². The minimum absolute atomic E-state index is 0.000499. The predicted molar refractivity (Wildman–Crippen MR) is 107 cm³/mol. The van der Waals surface area contributed by atoms with Crippen molar-refractivity contribution >= 4 is 5.91 Å². The van der Waals surface area contributed by atoms with Gasteiger partial charge >= 0.3 is 0 Å². The lowest BCUT2D eigenvalue weighted by Gasteiger charge is -2.10. The third-order valence-electron chi connectivity index (χ3n) is 4.60. The molecule has 6 nitrogen and oxygen atoms in total. The summed E-state index contributed by atoms with van der Waals surface area (Å²) in [7, 11) is 0. The van der Waals surface area contributed by atoms with Gasteiger partial charge in [-0.15, -0.1) is 5.10 Å². The summed E-state index contributed by atoms with van der Waals surface area (Å²) in [6, 6.07) is 14.2. The van der Waals surface area contributed by atoms with E-state index in [1.807, 2.05) is 0 Å². The van der Waals surface area contributed by atoms with Gasteiger partial charge in [-0.1, -0.05) is 23.4 Å². The van der Waals surface area contributed by atoms with Gasteiger partial charge in [0.2, 0.25) is 0 Å². The van der Waals surface area contributed by atoms with Gasteiger partial charge in [-0.2, -0.15) is 0 Å². The van der Waals surface area contributed by atoms with E-state index in [-0.39, 0.29) is 18.1 Å². The smallest absolute Gasteiger partial charge is 0.274 e. The molecule has 0 fully saturated rings. The highest BCUT2D eigenvalue weighted by Crippen LogP contribution is 2.25. The van der Waals surface area contributed by atoms with Gasteiger partial charge in [-0.05, 0) is 48.9 Å². The van der Waals surface area contributed by atoms with Crippen LogP contribution in [0.4, 0.5) is 8.78 Å². The average Bonchev–Trinajstić information content (AvgIpc) is 3.21. The maximum absolute atomic E-state index is 13.9. The van der Waals surface area contributed by atoms with Crippen molar-refractivity contribution in [3.63, 3.8) is 0 Å². The Hall–Kier alpha value is -3.94. The number of rotatable bonds is 5. The van der Waals surface area contributed by atoms with Gasteiger partial charge in [0.15, 0.2) is 5.69 Å². The molecule has 2 aromatic carbocycles. The van der Waals surface area contributed by atoms with Crippen molar-refractivity contribution in [2.24, 2.45) is 0 Å². The number of pyridine rings is 1. The maximum Gasteiger partial charge on any atom is 0.274 e. The number of benzene rings is 2. The Morgan fingerprint density at radius 2 is 1.90 bits per heavy atom. The van der Waals surface area contributed by atoms with E-state index in [9.17, 15) is 13.6 Å². The molecular weight excluding hydrogens is 388 g/mol. The van der Waals surface area contributed by atoms with E-state index in [1.165, 1.54) is 16.8 Å². The van der Waals surface area contributed by atoms with Crippen molar-refractivity contribution in [1.29, 1.82) is 0 Å². The molecule has 0 aliphatic carbocycles. The highest BCUT2D eigenvalue weighted by Gasteiger charge is 2.22. The van der Waals surface area contributed by atoms with E-state index < -0.39 is 11.7 Å². The molecule has 0 aliphatic heterocycles. The first kappa shape index (κ1) is 19.4. The predicted octanol–water partition coefficient (Wildman–Crippen LogP) is 3.85. The molecule has 0 saturated carbocycles. The summed E-state index contributed by atoms with van der Waals surface area (Å²) in [6.45, 7) is 1.64. The Kier molecular flexibility index (Phi) is 5.30. The SMILES string of the molecule is Cc1cc(-n2nnc(C(=O)NCc3ccccc3F)c2-c2cccnc2)ccc1F. The Balaban J connectivity index is 1.73. The fourth-order valence-electron chi connectivity index (χ4n) is 3.04. The number of amides is 1. The van der Waals surface area contributed by atoms with Crippen LogP contribution in [-0.4, -0.2) is 25.9 Å². The van der Waals surface area contributed by atoms with Crippen LogP contribution in [0.3, 0.4) is 0 Å². The third-order valence-corrected chi connectivity index (χ3v) is 4.60. The standard InChI is InChI=1S/C22H17F2N5O/c1-14-11-17(8-9-18(14)23)29-21(16-6-4-10-25-12-16)20(27-28-29)22(30)26-13-15-5-2-3-7-19(15)24/h2-12H,13H2,1H3,(H,26,30). The second-order valence-corrected chi connectivity index (χ2v) is 6.65. The van der Waals surface area contributed by atoms with Crippen molar-refractivity contribution in [2.75, 3.05) is 0 Å². The van der Waals surface area contributed by atoms with Crippen LogP contribution in [0.2, 0.25) is 0 Å². The van der Waals surface area contributed by atoms with Crippen molar-refractivity contribution in [1.82, 2.24) is 25.3 Å². The number of hydrogen-bond donors (Lipinski definition) is 1. The normalized spacial score (nSPS) is 10.8. The summed E-state index contributed by atoms with van der Waals surface area (Å²) < 4.78 is 29.0. The Morgan fingerprint density at radius 3 is 2.63 bits per heavy atom. The zero-order valence-electron chi connectivity index (χ0n) is 16.0. The van der Waals surface area contributed by atoms with Crippen LogP contribution in [0.15, 0.2) is 67.0 Å². The quantitative estimate of drug-likeness (QED) is 0.548.